The van der Waals surface area contributed by atoms with Gasteiger partial charge in [0.1, 0.15) is 0 Å². The second kappa shape index (κ2) is 15.4. The molecule has 2 fully saturated rings. The third kappa shape index (κ3) is 10.3. The van der Waals surface area contributed by atoms with Crippen LogP contribution in [0.1, 0.15) is 54.4 Å². The summed E-state index contributed by atoms with van der Waals surface area (Å²) in [4.78, 5) is 27.1. The molecule has 2 aliphatic rings. The van der Waals surface area contributed by atoms with E-state index < -0.39 is 41.7 Å². The Labute approximate surface area is 246 Å². The lowest BCUT2D eigenvalue weighted by atomic mass is 9.98. The van der Waals surface area contributed by atoms with E-state index in [1.165, 1.54) is 31.4 Å². The fourth-order valence-corrected chi connectivity index (χ4v) is 4.89. The number of urea groups is 1. The molecule has 8 nitrogen and oxygen atoms in total. The molecule has 5 N–H and O–H groups in total. The van der Waals surface area contributed by atoms with Gasteiger partial charge in [0.05, 0.1) is 29.5 Å². The van der Waals surface area contributed by atoms with Crippen molar-refractivity contribution in [1.82, 2.24) is 10.2 Å². The number of nitrogens with two attached hydrogens (primary N) is 1. The van der Waals surface area contributed by atoms with E-state index in [1.807, 2.05) is 4.90 Å². The van der Waals surface area contributed by atoms with Crippen LogP contribution in [-0.4, -0.2) is 66.9 Å². The number of piperazine rings is 1. The molecule has 1 heterocycles. The molecule has 0 spiro atoms. The highest BCUT2D eigenvalue weighted by atomic mass is 35.5. The van der Waals surface area contributed by atoms with Crippen LogP contribution in [0, 0.1) is 11.6 Å². The quantitative estimate of drug-likeness (QED) is 0.309. The van der Waals surface area contributed by atoms with Crippen LogP contribution < -0.4 is 21.3 Å². The van der Waals surface area contributed by atoms with Gasteiger partial charge in [0, 0.05) is 49.9 Å². The van der Waals surface area contributed by atoms with Crippen LogP contribution in [0.3, 0.4) is 0 Å². The zero-order valence-electron chi connectivity index (χ0n) is 23.0. The van der Waals surface area contributed by atoms with E-state index in [9.17, 15) is 31.5 Å². The Morgan fingerprint density at radius 1 is 1.00 bits per heavy atom. The summed E-state index contributed by atoms with van der Waals surface area (Å²) in [7, 11) is 0. The number of carbonyl (C=O) groups excluding carboxylic acids is 2. The van der Waals surface area contributed by atoms with Crippen molar-refractivity contribution in [3.63, 3.8) is 0 Å². The Kier molecular flexibility index (Phi) is 12.2. The Balaban J connectivity index is 0.000000603. The van der Waals surface area contributed by atoms with E-state index in [2.05, 4.69) is 10.6 Å². The number of anilines is 2. The average molecular weight is 620 g/mol. The monoisotopic (exact) mass is 619 g/mol. The number of nitrogens with zero attached hydrogens (tertiary/aromatic N) is 2. The van der Waals surface area contributed by atoms with Gasteiger partial charge in [0.25, 0.3) is 5.91 Å². The second-order valence-electron chi connectivity index (χ2n) is 10.2. The van der Waals surface area contributed by atoms with Gasteiger partial charge in [-0.3, -0.25) is 9.69 Å². The highest BCUT2D eigenvalue weighted by Crippen LogP contribution is 2.31. The predicted octanol–water partition coefficient (Wildman–Crippen LogP) is 5.42. The first-order valence-electron chi connectivity index (χ1n) is 13.7. The number of hydrogen-bond acceptors (Lipinski definition) is 5. The molecule has 1 aliphatic heterocycles. The Morgan fingerprint density at radius 2 is 1.67 bits per heavy atom. The Hall–Kier alpha value is -3.16. The molecular weight excluding hydrogens is 585 g/mol. The number of rotatable bonds is 7. The summed E-state index contributed by atoms with van der Waals surface area (Å²) >= 11 is 6.11. The molecule has 1 saturated carbocycles. The van der Waals surface area contributed by atoms with Gasteiger partial charge in [-0.15, -0.1) is 0 Å². The molecule has 2 aromatic carbocycles. The van der Waals surface area contributed by atoms with Gasteiger partial charge in [-0.25, -0.2) is 13.6 Å². The maximum Gasteiger partial charge on any atom is 0.390 e. The fourth-order valence-electron chi connectivity index (χ4n) is 4.72. The molecule has 232 valence electrons. The van der Waals surface area contributed by atoms with Crippen LogP contribution in [0.4, 0.5) is 38.1 Å². The van der Waals surface area contributed by atoms with Crippen molar-refractivity contribution in [2.24, 2.45) is 5.73 Å². The highest BCUT2D eigenvalue weighted by molar-refractivity contribution is 6.31. The number of nitrogens with one attached hydrogen (secondary N) is 2. The number of carbonyl (C=O) groups is 2. The van der Waals surface area contributed by atoms with Gasteiger partial charge >= 0.3 is 12.2 Å². The van der Waals surface area contributed by atoms with Gasteiger partial charge in [0.2, 0.25) is 0 Å². The first-order valence-corrected chi connectivity index (χ1v) is 14.0. The summed E-state index contributed by atoms with van der Waals surface area (Å²) in [5.74, 6) is -3.60. The molecule has 42 heavy (non-hydrogen) atoms. The highest BCUT2D eigenvalue weighted by Gasteiger charge is 2.29. The number of primary amides is 1. The summed E-state index contributed by atoms with van der Waals surface area (Å²) in [5, 5.41) is 14.0. The summed E-state index contributed by atoms with van der Waals surface area (Å²) in [6.07, 6.45) is 0.797. The van der Waals surface area contributed by atoms with Crippen LogP contribution in [0.2, 0.25) is 5.02 Å². The standard InChI is InChI=1S/C22H23ClF5N5O2.C6H12O/c23-14-2-4-16(17(11-14)33-9-7-32(8-10-33)6-5-22(26,27)28)31-20(34)15-3-1-13(12-30-21(29)35)18(24)19(15)25;7-6-4-2-1-3-5-6/h1-4,11H,5-10,12H2,(H,31,34)(H3,29,30,35);6-7H,1-5H2. The van der Waals surface area contributed by atoms with E-state index in [0.29, 0.717) is 36.9 Å². The van der Waals surface area contributed by atoms with E-state index in [4.69, 9.17) is 22.4 Å². The zero-order valence-corrected chi connectivity index (χ0v) is 23.7. The number of benzene rings is 2. The van der Waals surface area contributed by atoms with Gasteiger partial charge in [0.15, 0.2) is 11.6 Å². The maximum atomic E-state index is 14.6. The number of aliphatic hydroxyl groups excluding tert-OH is 1. The van der Waals surface area contributed by atoms with Gasteiger partial charge < -0.3 is 26.4 Å². The topological polar surface area (TPSA) is 111 Å². The lowest BCUT2D eigenvalue weighted by Crippen LogP contribution is -2.47. The van der Waals surface area contributed by atoms with Crippen molar-refractivity contribution >= 4 is 34.9 Å². The average Bonchev–Trinajstić information content (AvgIpc) is 2.94. The maximum absolute atomic E-state index is 14.6. The summed E-state index contributed by atoms with van der Waals surface area (Å²) in [6.45, 7) is 1.05. The molecule has 0 unspecified atom stereocenters. The van der Waals surface area contributed by atoms with Crippen LogP contribution >= 0.6 is 11.6 Å². The van der Waals surface area contributed by atoms with Crippen molar-refractivity contribution in [1.29, 1.82) is 0 Å². The van der Waals surface area contributed by atoms with E-state index in [-0.39, 0.29) is 30.4 Å². The van der Waals surface area contributed by atoms with Crippen molar-refractivity contribution in [2.75, 3.05) is 42.9 Å². The van der Waals surface area contributed by atoms with Gasteiger partial charge in [-0.1, -0.05) is 36.9 Å². The van der Waals surface area contributed by atoms with E-state index >= 15 is 0 Å². The molecule has 4 rings (SSSR count). The molecule has 14 heteroatoms. The van der Waals surface area contributed by atoms with Crippen molar-refractivity contribution in [3.8, 4) is 0 Å². The number of amides is 3. The van der Waals surface area contributed by atoms with Crippen LogP contribution in [0.15, 0.2) is 30.3 Å². The number of aliphatic hydroxyl groups is 1. The van der Waals surface area contributed by atoms with Crippen molar-refractivity contribution in [2.45, 2.75) is 57.3 Å². The van der Waals surface area contributed by atoms with Crippen LogP contribution in [0.25, 0.3) is 0 Å². The van der Waals surface area contributed by atoms with Crippen molar-refractivity contribution in [3.05, 3.63) is 58.1 Å². The first kappa shape index (κ1) is 33.3. The van der Waals surface area contributed by atoms with Gasteiger partial charge in [-0.05, 0) is 37.1 Å². The van der Waals surface area contributed by atoms with Crippen molar-refractivity contribution < 1.29 is 36.6 Å². The molecule has 3 amide bonds. The lowest BCUT2D eigenvalue weighted by molar-refractivity contribution is -0.138. The van der Waals surface area contributed by atoms with E-state index in [1.54, 1.807) is 11.0 Å². The molecule has 1 saturated heterocycles. The normalized spacial score (nSPS) is 16.4. The van der Waals surface area contributed by atoms with Crippen LogP contribution in [-0.2, 0) is 6.54 Å². The fraction of sp³-hybridized carbons (Fsp3) is 0.500. The SMILES string of the molecule is NC(=O)NCc1ccc(C(=O)Nc2ccc(Cl)cc2N2CCN(CCC(F)(F)F)CC2)c(F)c1F.OC1CCCCC1. The minimum Gasteiger partial charge on any atom is -0.393 e. The minimum absolute atomic E-state index is 0.0359. The zero-order chi connectivity index (χ0) is 30.9. The molecule has 0 radical (unpaired) electrons. The third-order valence-corrected chi connectivity index (χ3v) is 7.30. The lowest BCUT2D eigenvalue weighted by Gasteiger charge is -2.37. The van der Waals surface area contributed by atoms with E-state index in [0.717, 1.165) is 25.0 Å². The number of hydrogen-bond donors (Lipinski definition) is 4. The summed E-state index contributed by atoms with van der Waals surface area (Å²) in [5.41, 5.74) is 4.97. The molecule has 0 atom stereocenters. The first-order chi connectivity index (χ1) is 19.8. The molecule has 0 bridgehead atoms. The molecular formula is C28H35ClF5N5O3. The predicted molar refractivity (Wildman–Crippen MR) is 151 cm³/mol. The molecule has 0 aromatic heterocycles. The molecule has 2 aromatic rings. The molecule has 1 aliphatic carbocycles. The summed E-state index contributed by atoms with van der Waals surface area (Å²) < 4.78 is 66.4. The minimum atomic E-state index is -4.23. The number of alkyl halides is 3. The smallest absolute Gasteiger partial charge is 0.390 e. The van der Waals surface area contributed by atoms with Crippen LogP contribution in [0.5, 0.6) is 0 Å². The Bertz CT molecular complexity index is 1220. The number of halogens is 6. The third-order valence-electron chi connectivity index (χ3n) is 7.07. The van der Waals surface area contributed by atoms with Gasteiger partial charge in [-0.2, -0.15) is 13.2 Å². The largest absolute Gasteiger partial charge is 0.393 e. The second-order valence-corrected chi connectivity index (χ2v) is 10.7. The summed E-state index contributed by atoms with van der Waals surface area (Å²) in [6, 6.07) is 5.93. The Morgan fingerprint density at radius 3 is 2.24 bits per heavy atom.